The van der Waals surface area contributed by atoms with Crippen LogP contribution in [0.5, 0.6) is 0 Å². The summed E-state index contributed by atoms with van der Waals surface area (Å²) < 4.78 is 7.58. The summed E-state index contributed by atoms with van der Waals surface area (Å²) in [4.78, 5) is 14.7. The number of hydrogen-bond donors (Lipinski definition) is 1. The number of rotatable bonds is 7. The van der Waals surface area contributed by atoms with E-state index in [9.17, 15) is 4.79 Å². The molecular weight excluding hydrogens is 362 g/mol. The zero-order chi connectivity index (χ0) is 19.2. The summed E-state index contributed by atoms with van der Waals surface area (Å²) in [6.45, 7) is 10.1. The van der Waals surface area contributed by atoms with E-state index in [4.69, 9.17) is 4.74 Å². The second-order valence-corrected chi connectivity index (χ2v) is 8.31. The molecule has 0 spiro atoms. The molecule has 1 aromatic carbocycles. The largest absolute Gasteiger partial charge is 0.378 e. The van der Waals surface area contributed by atoms with E-state index in [1.54, 1.807) is 0 Å². The quantitative estimate of drug-likeness (QED) is 0.734. The van der Waals surface area contributed by atoms with Crippen LogP contribution < -0.4 is 10.2 Å². The molecule has 1 aliphatic rings. The van der Waals surface area contributed by atoms with Gasteiger partial charge in [0.15, 0.2) is 5.16 Å². The van der Waals surface area contributed by atoms with E-state index >= 15 is 0 Å². The standard InChI is InChI=1S/C19H27N5O2S/c1-14(2)13-24-18(23-9-11-26-12-10-23)21-22-19(24)27-15(3)17(25)20-16-7-5-4-6-8-16/h4-8,14-15H,9-13H2,1-3H3,(H,20,25). The predicted octanol–water partition coefficient (Wildman–Crippen LogP) is 2.89. The van der Waals surface area contributed by atoms with Gasteiger partial charge in [0.2, 0.25) is 11.9 Å². The Balaban J connectivity index is 1.72. The van der Waals surface area contributed by atoms with Crippen LogP contribution >= 0.6 is 11.8 Å². The van der Waals surface area contributed by atoms with Crippen molar-refractivity contribution in [2.75, 3.05) is 36.5 Å². The van der Waals surface area contributed by atoms with Gasteiger partial charge in [-0.15, -0.1) is 10.2 Å². The molecule has 2 heterocycles. The Morgan fingerprint density at radius 2 is 1.89 bits per heavy atom. The molecule has 1 unspecified atom stereocenters. The Morgan fingerprint density at radius 1 is 1.19 bits per heavy atom. The number of para-hydroxylation sites is 1. The van der Waals surface area contributed by atoms with E-state index in [2.05, 4.69) is 38.8 Å². The Labute approximate surface area is 164 Å². The number of morpholine rings is 1. The first-order valence-electron chi connectivity index (χ1n) is 9.33. The van der Waals surface area contributed by atoms with Crippen molar-refractivity contribution in [3.63, 3.8) is 0 Å². The van der Waals surface area contributed by atoms with Gasteiger partial charge in [-0.2, -0.15) is 0 Å². The van der Waals surface area contributed by atoms with Gasteiger partial charge in [-0.3, -0.25) is 9.36 Å². The Bertz CT molecular complexity index is 744. The van der Waals surface area contributed by atoms with Crippen molar-refractivity contribution in [2.24, 2.45) is 5.92 Å². The minimum absolute atomic E-state index is 0.0433. The smallest absolute Gasteiger partial charge is 0.237 e. The molecule has 0 aliphatic carbocycles. The van der Waals surface area contributed by atoms with E-state index in [1.807, 2.05) is 37.3 Å². The molecule has 146 valence electrons. The van der Waals surface area contributed by atoms with Crippen LogP contribution in [0.2, 0.25) is 0 Å². The minimum Gasteiger partial charge on any atom is -0.378 e. The summed E-state index contributed by atoms with van der Waals surface area (Å²) in [6, 6.07) is 9.50. The predicted molar refractivity (Wildman–Crippen MR) is 108 cm³/mol. The average molecular weight is 390 g/mol. The maximum Gasteiger partial charge on any atom is 0.237 e. The number of anilines is 2. The molecule has 0 bridgehead atoms. The van der Waals surface area contributed by atoms with Crippen molar-refractivity contribution in [2.45, 2.75) is 37.7 Å². The number of nitrogens with zero attached hydrogens (tertiary/aromatic N) is 4. The molecule has 8 heteroatoms. The van der Waals surface area contributed by atoms with Gasteiger partial charge >= 0.3 is 0 Å². The molecule has 7 nitrogen and oxygen atoms in total. The average Bonchev–Trinajstić information content (AvgIpc) is 3.05. The third-order valence-electron chi connectivity index (χ3n) is 4.23. The number of nitrogens with one attached hydrogen (secondary N) is 1. The van der Waals surface area contributed by atoms with Crippen molar-refractivity contribution < 1.29 is 9.53 Å². The molecule has 3 rings (SSSR count). The van der Waals surface area contributed by atoms with Crippen LogP contribution in [0.4, 0.5) is 11.6 Å². The number of thioether (sulfide) groups is 1. The van der Waals surface area contributed by atoms with E-state index in [0.717, 1.165) is 36.4 Å². The molecule has 2 aromatic rings. The van der Waals surface area contributed by atoms with Gasteiger partial charge in [0.05, 0.1) is 18.5 Å². The number of benzene rings is 1. The highest BCUT2D eigenvalue weighted by atomic mass is 32.2. The molecular formula is C19H27N5O2S. The van der Waals surface area contributed by atoms with E-state index < -0.39 is 0 Å². The molecule has 0 radical (unpaired) electrons. The Hall–Kier alpha value is -2.06. The van der Waals surface area contributed by atoms with Crippen LogP contribution in [0.15, 0.2) is 35.5 Å². The van der Waals surface area contributed by atoms with E-state index in [-0.39, 0.29) is 11.2 Å². The molecule has 1 N–H and O–H groups in total. The number of aromatic nitrogens is 3. The van der Waals surface area contributed by atoms with Crippen LogP contribution in [0.1, 0.15) is 20.8 Å². The lowest BCUT2D eigenvalue weighted by Gasteiger charge is -2.28. The fraction of sp³-hybridized carbons (Fsp3) is 0.526. The maximum atomic E-state index is 12.5. The second-order valence-electron chi connectivity index (χ2n) is 7.00. The first kappa shape index (κ1) is 19.7. The summed E-state index contributed by atoms with van der Waals surface area (Å²) in [5.74, 6) is 1.27. The van der Waals surface area contributed by atoms with Crippen molar-refractivity contribution in [3.05, 3.63) is 30.3 Å². The van der Waals surface area contributed by atoms with Gasteiger partial charge < -0.3 is 15.0 Å². The maximum absolute atomic E-state index is 12.5. The number of carbonyl (C=O) groups excluding carboxylic acids is 1. The first-order chi connectivity index (χ1) is 13.0. The summed E-state index contributed by atoms with van der Waals surface area (Å²) in [7, 11) is 0. The topological polar surface area (TPSA) is 72.3 Å². The van der Waals surface area contributed by atoms with Crippen molar-refractivity contribution in [3.8, 4) is 0 Å². The van der Waals surface area contributed by atoms with Gasteiger partial charge in [-0.05, 0) is 25.0 Å². The number of ether oxygens (including phenoxy) is 1. The van der Waals surface area contributed by atoms with Gasteiger partial charge in [0.1, 0.15) is 0 Å². The number of amides is 1. The molecule has 1 saturated heterocycles. The zero-order valence-electron chi connectivity index (χ0n) is 16.1. The molecule has 1 atom stereocenters. The summed E-state index contributed by atoms with van der Waals surface area (Å²) in [5, 5.41) is 12.3. The molecule has 1 aliphatic heterocycles. The number of hydrogen-bond acceptors (Lipinski definition) is 6. The zero-order valence-corrected chi connectivity index (χ0v) is 16.9. The normalized spacial score (nSPS) is 15.8. The van der Waals surface area contributed by atoms with Gasteiger partial charge in [0.25, 0.3) is 0 Å². The van der Waals surface area contributed by atoms with Crippen LogP contribution in [0.3, 0.4) is 0 Å². The molecule has 1 aromatic heterocycles. The summed E-state index contributed by atoms with van der Waals surface area (Å²) in [5.41, 5.74) is 0.799. The lowest BCUT2D eigenvalue weighted by molar-refractivity contribution is -0.115. The summed E-state index contributed by atoms with van der Waals surface area (Å²) >= 11 is 1.44. The highest BCUT2D eigenvalue weighted by Gasteiger charge is 2.24. The SMILES string of the molecule is CC(C)Cn1c(SC(C)C(=O)Nc2ccccc2)nnc1N1CCOCC1. The lowest BCUT2D eigenvalue weighted by Crippen LogP contribution is -2.38. The highest BCUT2D eigenvalue weighted by Crippen LogP contribution is 2.27. The monoisotopic (exact) mass is 389 g/mol. The lowest BCUT2D eigenvalue weighted by atomic mass is 10.2. The van der Waals surface area contributed by atoms with Crippen LogP contribution in [-0.4, -0.2) is 52.2 Å². The van der Waals surface area contributed by atoms with Crippen molar-refractivity contribution >= 4 is 29.3 Å². The van der Waals surface area contributed by atoms with E-state index in [1.165, 1.54) is 11.8 Å². The first-order valence-corrected chi connectivity index (χ1v) is 10.2. The van der Waals surface area contributed by atoms with Crippen molar-refractivity contribution in [1.82, 2.24) is 14.8 Å². The molecule has 1 amide bonds. The van der Waals surface area contributed by atoms with Crippen LogP contribution in [0.25, 0.3) is 0 Å². The third-order valence-corrected chi connectivity index (χ3v) is 5.31. The molecule has 27 heavy (non-hydrogen) atoms. The Morgan fingerprint density at radius 3 is 2.56 bits per heavy atom. The fourth-order valence-electron chi connectivity index (χ4n) is 2.87. The van der Waals surface area contributed by atoms with Gasteiger partial charge in [-0.25, -0.2) is 0 Å². The minimum atomic E-state index is -0.280. The molecule has 1 fully saturated rings. The second kappa shape index (κ2) is 9.23. The van der Waals surface area contributed by atoms with Gasteiger partial charge in [0, 0.05) is 25.3 Å². The van der Waals surface area contributed by atoms with Crippen LogP contribution in [-0.2, 0) is 16.1 Å². The Kier molecular flexibility index (Phi) is 6.73. The molecule has 0 saturated carbocycles. The summed E-state index contributed by atoms with van der Waals surface area (Å²) in [6.07, 6.45) is 0. The van der Waals surface area contributed by atoms with Crippen molar-refractivity contribution in [1.29, 1.82) is 0 Å². The number of carbonyl (C=O) groups is 1. The van der Waals surface area contributed by atoms with E-state index in [0.29, 0.717) is 19.1 Å². The highest BCUT2D eigenvalue weighted by molar-refractivity contribution is 8.00. The third kappa shape index (κ3) is 5.23. The fourth-order valence-corrected chi connectivity index (χ4v) is 3.72. The van der Waals surface area contributed by atoms with Gasteiger partial charge in [-0.1, -0.05) is 43.8 Å². The van der Waals surface area contributed by atoms with Crippen LogP contribution in [0, 0.1) is 5.92 Å².